The molecule has 0 atom stereocenters. The van der Waals surface area contributed by atoms with Crippen molar-refractivity contribution < 1.29 is 26.3 Å². The minimum atomic E-state index is -4.51. The Morgan fingerprint density at radius 2 is 1.11 bits per heavy atom. The van der Waals surface area contributed by atoms with Crippen LogP contribution in [0.15, 0.2) is 34.6 Å². The molecule has 0 fully saturated rings. The molecule has 0 aromatic carbocycles. The monoisotopic (exact) mass is 466 g/mol. The Hall–Kier alpha value is -0.840. The van der Waals surface area contributed by atoms with Gasteiger partial charge in [-0.25, -0.2) is 9.97 Å². The summed E-state index contributed by atoms with van der Waals surface area (Å²) in [5.41, 5.74) is -1.84. The van der Waals surface area contributed by atoms with E-state index in [1.165, 1.54) is 23.5 Å². The Labute approximate surface area is 169 Å². The molecule has 27 heavy (non-hydrogen) atoms. The molecule has 0 spiro atoms. The van der Waals surface area contributed by atoms with E-state index in [-0.39, 0.29) is 20.1 Å². The largest absolute Gasteiger partial charge is 0.417 e. The number of aromatic nitrogens is 2. The molecule has 0 saturated heterocycles. The topological polar surface area (TPSA) is 25.8 Å². The van der Waals surface area contributed by atoms with Gasteiger partial charge in [0.25, 0.3) is 0 Å². The van der Waals surface area contributed by atoms with Crippen LogP contribution in [0.4, 0.5) is 26.3 Å². The average Bonchev–Trinajstić information content (AvgIpc) is 2.55. The van der Waals surface area contributed by atoms with E-state index in [4.69, 9.17) is 23.2 Å². The van der Waals surface area contributed by atoms with E-state index in [2.05, 4.69) is 9.97 Å². The lowest BCUT2D eigenvalue weighted by molar-refractivity contribution is -0.138. The lowest BCUT2D eigenvalue weighted by atomic mass is 10.3. The van der Waals surface area contributed by atoms with Crippen LogP contribution in [-0.4, -0.2) is 21.5 Å². The number of nitrogens with zero attached hydrogens (tertiary/aromatic N) is 2. The van der Waals surface area contributed by atoms with Crippen LogP contribution in [0.2, 0.25) is 10.0 Å². The van der Waals surface area contributed by atoms with Gasteiger partial charge in [0, 0.05) is 23.9 Å². The van der Waals surface area contributed by atoms with Gasteiger partial charge in [-0.15, -0.1) is 23.5 Å². The fraction of sp³-hybridized carbons (Fsp3) is 0.333. The fourth-order valence-corrected chi connectivity index (χ4v) is 4.22. The molecule has 0 bridgehead atoms. The molecule has 12 heteroatoms. The summed E-state index contributed by atoms with van der Waals surface area (Å²) in [6.07, 6.45) is -6.99. The average molecular weight is 467 g/mol. The molecule has 0 N–H and O–H groups in total. The van der Waals surface area contributed by atoms with Gasteiger partial charge < -0.3 is 0 Å². The van der Waals surface area contributed by atoms with Gasteiger partial charge in [-0.1, -0.05) is 23.2 Å². The second kappa shape index (κ2) is 9.11. The normalized spacial score (nSPS) is 12.4. The maximum Gasteiger partial charge on any atom is 0.417 e. The maximum atomic E-state index is 12.5. The van der Waals surface area contributed by atoms with E-state index in [1.54, 1.807) is 0 Å². The third-order valence-electron chi connectivity index (χ3n) is 3.04. The predicted molar refractivity (Wildman–Crippen MR) is 94.6 cm³/mol. The number of thioether (sulfide) groups is 2. The van der Waals surface area contributed by atoms with Crippen LogP contribution in [0, 0.1) is 0 Å². The molecule has 0 radical (unpaired) electrons. The minimum Gasteiger partial charge on any atom is -0.248 e. The second-order valence-electron chi connectivity index (χ2n) is 5.07. The van der Waals surface area contributed by atoms with Crippen molar-refractivity contribution >= 4 is 46.7 Å². The summed E-state index contributed by atoms with van der Waals surface area (Å²) in [5.74, 6) is 1.01. The van der Waals surface area contributed by atoms with Gasteiger partial charge in [0.05, 0.1) is 21.2 Å². The van der Waals surface area contributed by atoms with Crippen molar-refractivity contribution in [2.75, 3.05) is 11.5 Å². The molecule has 0 aliphatic heterocycles. The Bertz CT molecular complexity index is 733. The molecular formula is C15H10Cl2F6N2S2. The lowest BCUT2D eigenvalue weighted by Gasteiger charge is -2.09. The fourth-order valence-electron chi connectivity index (χ4n) is 1.77. The molecule has 2 heterocycles. The summed E-state index contributed by atoms with van der Waals surface area (Å²) in [4.78, 5) is 7.42. The molecular weight excluding hydrogens is 457 g/mol. The predicted octanol–water partition coefficient (Wildman–Crippen LogP) is 7.10. The van der Waals surface area contributed by atoms with Crippen molar-refractivity contribution in [2.45, 2.75) is 28.8 Å². The number of pyridine rings is 2. The van der Waals surface area contributed by atoms with E-state index in [0.717, 1.165) is 24.5 Å². The second-order valence-corrected chi connectivity index (χ2v) is 8.05. The van der Waals surface area contributed by atoms with Crippen LogP contribution in [-0.2, 0) is 12.4 Å². The Kier molecular flexibility index (Phi) is 7.57. The Balaban J connectivity index is 1.83. The molecule has 2 nitrogen and oxygen atoms in total. The molecule has 0 saturated carbocycles. The number of halogens is 8. The smallest absolute Gasteiger partial charge is 0.248 e. The molecule has 148 valence electrons. The van der Waals surface area contributed by atoms with Crippen molar-refractivity contribution in [1.82, 2.24) is 9.97 Å². The number of hydrogen-bond acceptors (Lipinski definition) is 4. The van der Waals surface area contributed by atoms with Crippen LogP contribution in [0.5, 0.6) is 0 Å². The number of hydrogen-bond donors (Lipinski definition) is 0. The zero-order valence-electron chi connectivity index (χ0n) is 13.2. The van der Waals surface area contributed by atoms with Gasteiger partial charge >= 0.3 is 12.4 Å². The van der Waals surface area contributed by atoms with Gasteiger partial charge in [-0.05, 0) is 18.6 Å². The zero-order chi connectivity index (χ0) is 20.2. The highest BCUT2D eigenvalue weighted by atomic mass is 35.5. The molecule has 2 aromatic rings. The highest BCUT2D eigenvalue weighted by Crippen LogP contribution is 2.35. The lowest BCUT2D eigenvalue weighted by Crippen LogP contribution is -2.05. The van der Waals surface area contributed by atoms with Gasteiger partial charge in [-0.3, -0.25) is 0 Å². The minimum absolute atomic E-state index is 0.0880. The summed E-state index contributed by atoms with van der Waals surface area (Å²) in [6.45, 7) is 0. The van der Waals surface area contributed by atoms with Crippen LogP contribution in [0.3, 0.4) is 0 Å². The summed E-state index contributed by atoms with van der Waals surface area (Å²) < 4.78 is 75.3. The summed E-state index contributed by atoms with van der Waals surface area (Å²) >= 11 is 14.0. The number of alkyl halides is 6. The van der Waals surface area contributed by atoms with E-state index in [0.29, 0.717) is 17.9 Å². The maximum absolute atomic E-state index is 12.5. The van der Waals surface area contributed by atoms with Crippen molar-refractivity contribution in [2.24, 2.45) is 0 Å². The summed E-state index contributed by atoms with van der Waals surface area (Å²) in [7, 11) is 0. The molecule has 2 aromatic heterocycles. The van der Waals surface area contributed by atoms with E-state index in [9.17, 15) is 26.3 Å². The van der Waals surface area contributed by atoms with Gasteiger partial charge in [-0.2, -0.15) is 26.3 Å². The third-order valence-corrected chi connectivity index (χ3v) is 6.02. The molecule has 0 aliphatic rings. The first-order chi connectivity index (χ1) is 12.5. The highest BCUT2D eigenvalue weighted by molar-refractivity contribution is 8.00. The van der Waals surface area contributed by atoms with E-state index < -0.39 is 23.5 Å². The van der Waals surface area contributed by atoms with Gasteiger partial charge in [0.2, 0.25) is 0 Å². The van der Waals surface area contributed by atoms with Crippen molar-refractivity contribution in [1.29, 1.82) is 0 Å². The van der Waals surface area contributed by atoms with Crippen LogP contribution >= 0.6 is 46.7 Å². The SMILES string of the molecule is FC(F)(F)c1cnc(SCCCSc2ncc(C(F)(F)F)cc2Cl)c(Cl)c1. The molecule has 0 amide bonds. The summed E-state index contributed by atoms with van der Waals surface area (Å²) in [5, 5.41) is 0.380. The molecule has 0 unspecified atom stereocenters. The van der Waals surface area contributed by atoms with Crippen LogP contribution in [0.1, 0.15) is 17.5 Å². The van der Waals surface area contributed by atoms with E-state index in [1.807, 2.05) is 0 Å². The molecule has 0 aliphatic carbocycles. The van der Waals surface area contributed by atoms with E-state index >= 15 is 0 Å². The Morgan fingerprint density at radius 3 is 1.41 bits per heavy atom. The third kappa shape index (κ3) is 6.62. The first-order valence-electron chi connectivity index (χ1n) is 7.19. The Morgan fingerprint density at radius 1 is 0.741 bits per heavy atom. The highest BCUT2D eigenvalue weighted by Gasteiger charge is 2.32. The standard InChI is InChI=1S/C15H10Cl2F6N2S2/c16-10-4-8(14(18,19)20)6-24-12(10)26-2-1-3-27-13-11(17)5-9(7-25-13)15(21,22)23/h4-7H,1-3H2. The van der Waals surface area contributed by atoms with Crippen molar-refractivity contribution in [3.8, 4) is 0 Å². The van der Waals surface area contributed by atoms with Crippen molar-refractivity contribution in [3.63, 3.8) is 0 Å². The summed E-state index contributed by atoms with van der Waals surface area (Å²) in [6, 6.07) is 1.63. The van der Waals surface area contributed by atoms with Gasteiger partial charge in [0.1, 0.15) is 10.1 Å². The first kappa shape index (κ1) is 22.4. The first-order valence-corrected chi connectivity index (χ1v) is 9.92. The van der Waals surface area contributed by atoms with Crippen LogP contribution < -0.4 is 0 Å². The zero-order valence-corrected chi connectivity index (χ0v) is 16.3. The number of rotatable bonds is 6. The quantitative estimate of drug-likeness (QED) is 0.257. The van der Waals surface area contributed by atoms with Gasteiger partial charge in [0.15, 0.2) is 0 Å². The van der Waals surface area contributed by atoms with Crippen molar-refractivity contribution in [3.05, 3.63) is 45.7 Å². The van der Waals surface area contributed by atoms with Crippen LogP contribution in [0.25, 0.3) is 0 Å². The molecule has 2 rings (SSSR count).